The highest BCUT2D eigenvalue weighted by atomic mass is 16.5. The molecular formula is C16H20N2O2. The van der Waals surface area contributed by atoms with Gasteiger partial charge in [-0.25, -0.2) is 0 Å². The molecule has 1 aliphatic rings. The van der Waals surface area contributed by atoms with Crippen LogP contribution in [0.1, 0.15) is 25.3 Å². The number of hydrogen-bond donors (Lipinski definition) is 0. The Morgan fingerprint density at radius 3 is 2.55 bits per heavy atom. The van der Waals surface area contributed by atoms with Crippen LogP contribution < -0.4 is 0 Å². The molecule has 1 aromatic rings. The molecule has 0 spiro atoms. The van der Waals surface area contributed by atoms with E-state index >= 15 is 0 Å². The van der Waals surface area contributed by atoms with E-state index in [0.29, 0.717) is 19.4 Å². The zero-order chi connectivity index (χ0) is 14.4. The molecular weight excluding hydrogens is 252 g/mol. The van der Waals surface area contributed by atoms with Gasteiger partial charge in [0, 0.05) is 19.6 Å². The van der Waals surface area contributed by atoms with Crippen LogP contribution in [0.15, 0.2) is 30.3 Å². The van der Waals surface area contributed by atoms with E-state index < -0.39 is 5.41 Å². The summed E-state index contributed by atoms with van der Waals surface area (Å²) in [7, 11) is 0. The van der Waals surface area contributed by atoms with Crippen LogP contribution in [0.2, 0.25) is 0 Å². The van der Waals surface area contributed by atoms with Crippen molar-refractivity contribution in [3.8, 4) is 6.07 Å². The number of carbonyl (C=O) groups excluding carboxylic acids is 1. The van der Waals surface area contributed by atoms with Crippen molar-refractivity contribution in [3.05, 3.63) is 35.9 Å². The van der Waals surface area contributed by atoms with Crippen LogP contribution in [-0.2, 0) is 16.1 Å². The van der Waals surface area contributed by atoms with Gasteiger partial charge in [-0.3, -0.25) is 9.69 Å². The van der Waals surface area contributed by atoms with E-state index in [1.165, 1.54) is 5.56 Å². The lowest BCUT2D eigenvalue weighted by atomic mass is 9.79. The molecule has 1 heterocycles. The van der Waals surface area contributed by atoms with E-state index in [4.69, 9.17) is 4.74 Å². The van der Waals surface area contributed by atoms with Crippen molar-refractivity contribution in [2.45, 2.75) is 26.3 Å². The van der Waals surface area contributed by atoms with Crippen LogP contribution in [0.4, 0.5) is 0 Å². The summed E-state index contributed by atoms with van der Waals surface area (Å²) >= 11 is 0. The van der Waals surface area contributed by atoms with Crippen molar-refractivity contribution in [1.29, 1.82) is 5.26 Å². The summed E-state index contributed by atoms with van der Waals surface area (Å²) in [6, 6.07) is 12.4. The number of likely N-dealkylation sites (tertiary alicyclic amines) is 1. The van der Waals surface area contributed by atoms with Crippen LogP contribution >= 0.6 is 0 Å². The molecule has 0 N–H and O–H groups in total. The van der Waals surface area contributed by atoms with E-state index in [-0.39, 0.29) is 5.97 Å². The quantitative estimate of drug-likeness (QED) is 0.790. The second-order valence-corrected chi connectivity index (χ2v) is 5.18. The topological polar surface area (TPSA) is 53.3 Å². The smallest absolute Gasteiger partial charge is 0.326 e. The van der Waals surface area contributed by atoms with Crippen LogP contribution in [-0.4, -0.2) is 30.6 Å². The van der Waals surface area contributed by atoms with Gasteiger partial charge >= 0.3 is 5.97 Å². The number of nitrogens with zero attached hydrogens (tertiary/aromatic N) is 2. The summed E-state index contributed by atoms with van der Waals surface area (Å²) in [4.78, 5) is 14.2. The zero-order valence-electron chi connectivity index (χ0n) is 11.8. The highest BCUT2D eigenvalue weighted by molar-refractivity contribution is 5.80. The minimum atomic E-state index is -0.941. The molecule has 0 radical (unpaired) electrons. The molecule has 0 unspecified atom stereocenters. The van der Waals surface area contributed by atoms with Gasteiger partial charge in [0.1, 0.15) is 0 Å². The molecule has 2 rings (SSSR count). The Morgan fingerprint density at radius 2 is 2.00 bits per heavy atom. The maximum atomic E-state index is 12.0. The van der Waals surface area contributed by atoms with Gasteiger partial charge in [-0.2, -0.15) is 5.26 Å². The Labute approximate surface area is 120 Å². The predicted molar refractivity (Wildman–Crippen MR) is 75.6 cm³/mol. The second kappa shape index (κ2) is 6.53. The van der Waals surface area contributed by atoms with Crippen LogP contribution in [0.25, 0.3) is 0 Å². The fourth-order valence-corrected chi connectivity index (χ4v) is 2.57. The van der Waals surface area contributed by atoms with E-state index in [0.717, 1.165) is 19.6 Å². The summed E-state index contributed by atoms with van der Waals surface area (Å²) in [6.45, 7) is 4.47. The third kappa shape index (κ3) is 3.17. The Bertz CT molecular complexity index is 485. The molecule has 1 saturated heterocycles. The standard InChI is InChI=1S/C16H20N2O2/c1-2-20-15(19)16(13-17)8-10-18(11-9-16)12-14-6-4-3-5-7-14/h3-7H,2,8-12H2,1H3. The monoisotopic (exact) mass is 272 g/mol. The lowest BCUT2D eigenvalue weighted by Gasteiger charge is -2.35. The normalized spacial score (nSPS) is 18.2. The first-order valence-electron chi connectivity index (χ1n) is 7.05. The number of piperidine rings is 1. The van der Waals surface area contributed by atoms with Gasteiger partial charge < -0.3 is 4.74 Å². The lowest BCUT2D eigenvalue weighted by Crippen LogP contribution is -2.44. The van der Waals surface area contributed by atoms with Gasteiger partial charge in [-0.05, 0) is 25.3 Å². The van der Waals surface area contributed by atoms with Gasteiger partial charge in [0.05, 0.1) is 12.7 Å². The van der Waals surface area contributed by atoms with Crippen molar-refractivity contribution < 1.29 is 9.53 Å². The minimum Gasteiger partial charge on any atom is -0.465 e. The molecule has 1 aromatic carbocycles. The fraction of sp³-hybridized carbons (Fsp3) is 0.500. The van der Waals surface area contributed by atoms with Crippen LogP contribution in [0.3, 0.4) is 0 Å². The molecule has 0 amide bonds. The first-order chi connectivity index (χ1) is 9.70. The average Bonchev–Trinajstić information content (AvgIpc) is 2.49. The number of nitriles is 1. The molecule has 0 saturated carbocycles. The lowest BCUT2D eigenvalue weighted by molar-refractivity contribution is -0.154. The van der Waals surface area contributed by atoms with Crippen molar-refractivity contribution in [1.82, 2.24) is 4.90 Å². The molecule has 20 heavy (non-hydrogen) atoms. The number of ether oxygens (including phenoxy) is 1. The van der Waals surface area contributed by atoms with Gasteiger partial charge in [0.25, 0.3) is 0 Å². The van der Waals surface area contributed by atoms with Gasteiger partial charge in [0.15, 0.2) is 5.41 Å². The molecule has 1 fully saturated rings. The van der Waals surface area contributed by atoms with Gasteiger partial charge in [-0.15, -0.1) is 0 Å². The highest BCUT2D eigenvalue weighted by Gasteiger charge is 2.43. The Balaban J connectivity index is 1.94. The Kier molecular flexibility index (Phi) is 4.75. The molecule has 0 aromatic heterocycles. The molecule has 4 heteroatoms. The number of benzene rings is 1. The highest BCUT2D eigenvalue weighted by Crippen LogP contribution is 2.32. The number of hydrogen-bond acceptors (Lipinski definition) is 4. The third-order valence-electron chi connectivity index (χ3n) is 3.84. The van der Waals surface area contributed by atoms with Crippen molar-refractivity contribution in [3.63, 3.8) is 0 Å². The average molecular weight is 272 g/mol. The molecule has 4 nitrogen and oxygen atoms in total. The molecule has 106 valence electrons. The van der Waals surface area contributed by atoms with Crippen molar-refractivity contribution >= 4 is 5.97 Å². The summed E-state index contributed by atoms with van der Waals surface area (Å²) in [6.07, 6.45) is 1.10. The molecule has 1 aliphatic heterocycles. The summed E-state index contributed by atoms with van der Waals surface area (Å²) in [5.41, 5.74) is 0.316. The number of carbonyl (C=O) groups is 1. The number of rotatable bonds is 4. The second-order valence-electron chi connectivity index (χ2n) is 5.18. The Hall–Kier alpha value is -1.86. The maximum absolute atomic E-state index is 12.0. The zero-order valence-corrected chi connectivity index (χ0v) is 11.8. The molecule has 0 atom stereocenters. The van der Waals surface area contributed by atoms with E-state index in [1.807, 2.05) is 18.2 Å². The largest absolute Gasteiger partial charge is 0.465 e. The van der Waals surface area contributed by atoms with Gasteiger partial charge in [0.2, 0.25) is 0 Å². The third-order valence-corrected chi connectivity index (χ3v) is 3.84. The minimum absolute atomic E-state index is 0.329. The van der Waals surface area contributed by atoms with E-state index in [1.54, 1.807) is 6.92 Å². The van der Waals surface area contributed by atoms with Crippen molar-refractivity contribution in [2.75, 3.05) is 19.7 Å². The SMILES string of the molecule is CCOC(=O)C1(C#N)CCN(Cc2ccccc2)CC1. The van der Waals surface area contributed by atoms with Gasteiger partial charge in [-0.1, -0.05) is 30.3 Å². The summed E-state index contributed by atoms with van der Waals surface area (Å²) in [5.74, 6) is -0.359. The van der Waals surface area contributed by atoms with Crippen molar-refractivity contribution in [2.24, 2.45) is 5.41 Å². The number of esters is 1. The fourth-order valence-electron chi connectivity index (χ4n) is 2.57. The summed E-state index contributed by atoms with van der Waals surface area (Å²) < 4.78 is 5.05. The molecule has 0 bridgehead atoms. The first-order valence-corrected chi connectivity index (χ1v) is 7.05. The first kappa shape index (κ1) is 14.5. The molecule has 0 aliphatic carbocycles. The predicted octanol–water partition coefficient (Wildman–Crippen LogP) is 2.36. The van der Waals surface area contributed by atoms with E-state index in [2.05, 4.69) is 23.1 Å². The van der Waals surface area contributed by atoms with E-state index in [9.17, 15) is 10.1 Å². The summed E-state index contributed by atoms with van der Waals surface area (Å²) in [5, 5.41) is 9.35. The van der Waals surface area contributed by atoms with Crippen LogP contribution in [0, 0.1) is 16.7 Å². The van der Waals surface area contributed by atoms with Crippen LogP contribution in [0.5, 0.6) is 0 Å². The maximum Gasteiger partial charge on any atom is 0.326 e. The Morgan fingerprint density at radius 1 is 1.35 bits per heavy atom.